The smallest absolute Gasteiger partial charge is 0.412 e. The quantitative estimate of drug-likeness (QED) is 0.0215. The lowest BCUT2D eigenvalue weighted by atomic mass is 9.80. The van der Waals surface area contributed by atoms with E-state index in [4.69, 9.17) is 65.5 Å². The standard InChI is InChI=1S/C42H61F6INO11PSi.C38H56INO7Si/c1-25-15-29(13-14-51)57-30(16-25)17-31-18-32(61-63(8,9)40(5,6)7)19-35(58-31)33-21-54-36(50-33)12-10-11-34-27(3)39(28(4)38(59-34)26(2)20-49)60-37(52)22-62(53,55-23-41(43,44)45)56-24-42(46,47)48;1-23-16-27-12-10-15-35(41)46-37-25(3)32(45-36(26(37)4)24(2)21-39)13-11-14-34-40-31(22-42-34)33-20-30(47-48(8,9)38(5,6)7)19-29(44-33)18-28(17-23)43-27/h10,12,14,20-21,27-32,34-35,38-39H,1,11,13,15-19,22-24H2,2-9H3;10-11,14-15,21-22,25-30,32-33,36-37H,1,12-13,16-20H2,2-9H3/b12-10+,26-20+;14-11+,15-10-,24-21+/t27-,28-,29-,30+,31+,32+,34+,35+,38-,39-;25-,26-,27-,28+,29+,30+,32+,33+,36-,37-/m00/s1. The van der Waals surface area contributed by atoms with Gasteiger partial charge in [0.25, 0.3) is 0 Å². The van der Waals surface area contributed by atoms with E-state index < -0.39 is 98.2 Å². The zero-order valence-corrected chi connectivity index (χ0v) is 74.3. The largest absolute Gasteiger partial charge is 0.461 e. The van der Waals surface area contributed by atoms with Crippen LogP contribution in [-0.2, 0) is 74.7 Å². The van der Waals surface area contributed by atoms with Crippen molar-refractivity contribution >= 4 is 99.8 Å². The maximum Gasteiger partial charge on any atom is 0.412 e. The molecular formula is C80H117F6I2N2O18PSi2. The van der Waals surface area contributed by atoms with Gasteiger partial charge in [-0.2, -0.15) is 26.3 Å². The van der Waals surface area contributed by atoms with Gasteiger partial charge in [-0.1, -0.05) is 157 Å². The number of oxazole rings is 2. The van der Waals surface area contributed by atoms with Gasteiger partial charge in [-0.25, -0.2) is 14.8 Å². The second kappa shape index (κ2) is 39.8. The van der Waals surface area contributed by atoms with Gasteiger partial charge in [0, 0.05) is 61.9 Å². The average Bonchev–Trinajstić information content (AvgIpc) is 1.07. The first-order valence-corrected chi connectivity index (χ1v) is 48.7. The molecule has 6 fully saturated rings. The maximum atomic E-state index is 13.2. The van der Waals surface area contributed by atoms with E-state index in [1.807, 2.05) is 44.9 Å². The van der Waals surface area contributed by atoms with Gasteiger partial charge in [0.2, 0.25) is 11.8 Å². The van der Waals surface area contributed by atoms with Crippen LogP contribution >= 0.6 is 52.8 Å². The van der Waals surface area contributed by atoms with Crippen molar-refractivity contribution in [3.05, 3.63) is 104 Å². The van der Waals surface area contributed by atoms with Crippen LogP contribution in [0, 0.1) is 23.7 Å². The molecule has 20 nitrogen and oxygen atoms in total. The van der Waals surface area contributed by atoms with Crippen LogP contribution in [0.5, 0.6) is 0 Å². The minimum atomic E-state index is -5.25. The Hall–Kier alpha value is -3.49. The van der Waals surface area contributed by atoms with E-state index in [1.165, 1.54) is 5.57 Å². The Balaban J connectivity index is 0.000000288. The van der Waals surface area contributed by atoms with E-state index in [2.05, 4.69) is 133 Å². The highest BCUT2D eigenvalue weighted by molar-refractivity contribution is 14.1. The fraction of sp³-hybridized carbons (Fsp3) is 0.713. The van der Waals surface area contributed by atoms with E-state index in [0.29, 0.717) is 63.0 Å². The minimum Gasteiger partial charge on any atom is -0.461 e. The summed E-state index contributed by atoms with van der Waals surface area (Å²) in [7, 11) is -9.44. The molecule has 20 atom stereocenters. The second-order valence-corrected chi connectivity index (χ2v) is 47.1. The molecule has 31 heteroatoms. The molecule has 2 aromatic rings. The number of rotatable bonds is 21. The van der Waals surface area contributed by atoms with Crippen LogP contribution in [0.2, 0.25) is 36.3 Å². The van der Waals surface area contributed by atoms with Crippen LogP contribution in [0.4, 0.5) is 26.3 Å². The molecule has 0 unspecified atom stereocenters. The molecule has 0 N–H and O–H groups in total. The number of hydrogen-bond acceptors (Lipinski definition) is 20. The highest BCUT2D eigenvalue weighted by Crippen LogP contribution is 2.52. The Kier molecular flexibility index (Phi) is 33.4. The van der Waals surface area contributed by atoms with Gasteiger partial charge in [0.05, 0.1) is 73.2 Å². The molecule has 2 aromatic heterocycles. The predicted molar refractivity (Wildman–Crippen MR) is 432 cm³/mol. The number of alkyl halides is 6. The van der Waals surface area contributed by atoms with Gasteiger partial charge in [0.1, 0.15) is 60.8 Å². The summed E-state index contributed by atoms with van der Waals surface area (Å²) in [5.41, 5.74) is 5.47. The van der Waals surface area contributed by atoms with E-state index in [1.54, 1.807) is 55.6 Å². The summed E-state index contributed by atoms with van der Waals surface area (Å²) < 4.78 is 180. The SMILES string of the molecule is C=C1C[C@@H]2C[C@@H]3C[C@@H](O[Si](C)(C)C(C)(C)C)C[C@@H](O3)c3coc(n3)/C=C/C[C@H]3O[C@@H](/C(C)=C/I)[C@H](C)[C@@H](OC(=O)/C=C\C[C@@H](C1)O2)[C@H]3C.C=C1C[C@H](C[C@@H]2C[C@@H](O[Si](C)(C)C(C)(C)C)C[C@H](c3coc(/C=C/C[C@H]4O[C@@H](/C(C)=C/I)[C@H](C)[C@@H](OC(=O)CP(=O)(OCC(F)(F)F)OCC(F)(F)F)[C@H]4C)n3)O2)O[C@@H](CC=O)C1. The van der Waals surface area contributed by atoms with Crippen LogP contribution in [0.3, 0.4) is 0 Å². The summed E-state index contributed by atoms with van der Waals surface area (Å²) in [4.78, 5) is 47.2. The molecule has 7 aliphatic rings. The average molecular weight is 1850 g/mol. The molecule has 111 heavy (non-hydrogen) atoms. The molecule has 0 spiro atoms. The van der Waals surface area contributed by atoms with Crippen molar-refractivity contribution in [1.29, 1.82) is 0 Å². The Bertz CT molecular complexity index is 3640. The molecule has 0 aromatic carbocycles. The summed E-state index contributed by atoms with van der Waals surface area (Å²) in [5.74, 6) is -1.95. The summed E-state index contributed by atoms with van der Waals surface area (Å²) in [6.45, 7) is 38.1. The van der Waals surface area contributed by atoms with Gasteiger partial charge < -0.3 is 60.4 Å². The topological polar surface area (TPSA) is 231 Å². The maximum absolute atomic E-state index is 13.2. The van der Waals surface area contributed by atoms with Crippen molar-refractivity contribution in [2.24, 2.45) is 23.7 Å². The molecule has 6 saturated heterocycles. The van der Waals surface area contributed by atoms with Crippen molar-refractivity contribution in [3.63, 3.8) is 0 Å². The molecule has 0 aliphatic carbocycles. The summed E-state index contributed by atoms with van der Waals surface area (Å²) in [5, 5.41) is 0.0792. The highest BCUT2D eigenvalue weighted by Gasteiger charge is 2.50. The number of halogens is 8. The van der Waals surface area contributed by atoms with E-state index in [-0.39, 0.29) is 113 Å². The van der Waals surface area contributed by atoms with Crippen molar-refractivity contribution in [2.45, 2.75) is 319 Å². The normalized spacial score (nSPS) is 32.9. The first-order chi connectivity index (χ1) is 51.7. The molecule has 8 bridgehead atoms. The van der Waals surface area contributed by atoms with Crippen molar-refractivity contribution in [2.75, 3.05) is 19.4 Å². The molecule has 7 aliphatic heterocycles. The molecule has 0 radical (unpaired) electrons. The van der Waals surface area contributed by atoms with Crippen LogP contribution < -0.4 is 0 Å². The zero-order chi connectivity index (χ0) is 81.9. The van der Waals surface area contributed by atoms with E-state index in [0.717, 1.165) is 60.8 Å². The highest BCUT2D eigenvalue weighted by atomic mass is 127. The van der Waals surface area contributed by atoms with Crippen LogP contribution in [0.25, 0.3) is 12.2 Å². The fourth-order valence-electron chi connectivity index (χ4n) is 15.1. The molecule has 9 heterocycles. The number of aromatic nitrogens is 2. The minimum absolute atomic E-state index is 0.00839. The number of aldehydes is 1. The van der Waals surface area contributed by atoms with Crippen LogP contribution in [-0.4, -0.2) is 162 Å². The predicted octanol–water partition coefficient (Wildman–Crippen LogP) is 20.8. The Morgan fingerprint density at radius 2 is 1.21 bits per heavy atom. The molecule has 0 amide bonds. The molecule has 0 saturated carbocycles. The number of nitrogens with zero attached hydrogens (tertiary/aromatic N) is 2. The van der Waals surface area contributed by atoms with Crippen molar-refractivity contribution in [3.8, 4) is 0 Å². The summed E-state index contributed by atoms with van der Waals surface area (Å²) >= 11 is 4.28. The first-order valence-electron chi connectivity index (χ1n) is 38.6. The van der Waals surface area contributed by atoms with Gasteiger partial charge in [0.15, 0.2) is 29.8 Å². The Morgan fingerprint density at radius 3 is 1.82 bits per heavy atom. The number of esters is 2. The monoisotopic (exact) mass is 1850 g/mol. The number of fused-ring (bicyclic) bond motifs is 9. The fourth-order valence-corrected chi connectivity index (χ4v) is 19.9. The van der Waals surface area contributed by atoms with Crippen molar-refractivity contribution < 1.29 is 110 Å². The number of ether oxygens (including phenoxy) is 8. The van der Waals surface area contributed by atoms with Gasteiger partial charge >= 0.3 is 31.9 Å². The third-order valence-electron chi connectivity index (χ3n) is 22.9. The van der Waals surface area contributed by atoms with Gasteiger partial charge in [-0.05, 0) is 139 Å². The van der Waals surface area contributed by atoms with Crippen LogP contribution in [0.1, 0.15) is 208 Å². The third kappa shape index (κ3) is 27.3. The summed E-state index contributed by atoms with van der Waals surface area (Å²) in [6, 6.07) is 0. The summed E-state index contributed by atoms with van der Waals surface area (Å²) in [6.07, 6.45) is 7.98. The molecule has 624 valence electrons. The number of carbonyl (C=O) groups is 3. The van der Waals surface area contributed by atoms with Crippen molar-refractivity contribution in [1.82, 2.24) is 9.97 Å². The van der Waals surface area contributed by atoms with E-state index in [9.17, 15) is 45.3 Å². The first kappa shape index (κ1) is 93.0. The molecule has 9 rings (SSSR count). The molecular weight excluding hydrogens is 1730 g/mol. The Morgan fingerprint density at radius 1 is 0.640 bits per heavy atom. The van der Waals surface area contributed by atoms with E-state index >= 15 is 0 Å². The van der Waals surface area contributed by atoms with Crippen LogP contribution in [0.15, 0.2) is 89.3 Å². The lowest BCUT2D eigenvalue weighted by Crippen LogP contribution is -2.51. The van der Waals surface area contributed by atoms with Gasteiger partial charge in [-0.15, -0.1) is 0 Å². The second-order valence-electron chi connectivity index (χ2n) is 34.3. The third-order valence-corrected chi connectivity index (χ3v) is 35.7. The lowest BCUT2D eigenvalue weighted by molar-refractivity contribution is -0.183. The lowest BCUT2D eigenvalue weighted by Gasteiger charge is -2.44. The zero-order valence-electron chi connectivity index (χ0n) is 67.0. The van der Waals surface area contributed by atoms with Gasteiger partial charge in [-0.3, -0.25) is 18.4 Å². The number of carbonyl (C=O) groups excluding carboxylic acids is 3. The Labute approximate surface area is 680 Å². The number of hydrogen-bond donors (Lipinski definition) is 0.